The van der Waals surface area contributed by atoms with Crippen LogP contribution < -0.4 is 5.56 Å². The minimum atomic E-state index is -4.51. The highest BCUT2D eigenvalue weighted by molar-refractivity contribution is 5.78. The van der Waals surface area contributed by atoms with Gasteiger partial charge >= 0.3 is 12.2 Å². The first-order valence-electron chi connectivity index (χ1n) is 10.8. The van der Waals surface area contributed by atoms with Gasteiger partial charge in [-0.2, -0.15) is 18.2 Å². The third kappa shape index (κ3) is 4.10. The van der Waals surface area contributed by atoms with E-state index in [2.05, 4.69) is 28.1 Å². The number of pyridine rings is 2. The number of nitrogens with zero attached hydrogens (tertiary/aromatic N) is 5. The lowest BCUT2D eigenvalue weighted by atomic mass is 10.1. The Balaban J connectivity index is 1.74. The van der Waals surface area contributed by atoms with Gasteiger partial charge in [-0.05, 0) is 30.3 Å². The first-order valence-corrected chi connectivity index (χ1v) is 10.8. The second kappa shape index (κ2) is 8.94. The van der Waals surface area contributed by atoms with E-state index in [4.69, 9.17) is 9.15 Å². The summed E-state index contributed by atoms with van der Waals surface area (Å²) in [5, 5.41) is 0.620. The molecule has 0 unspecified atom stereocenters. The van der Waals surface area contributed by atoms with Crippen LogP contribution in [0.3, 0.4) is 0 Å². The second-order valence-corrected chi connectivity index (χ2v) is 7.84. The lowest BCUT2D eigenvalue weighted by molar-refractivity contribution is -0.137. The number of alkyl halides is 3. The standard InChI is InChI=1S/C26H18F3N5O3/c1-4-19-20(15(2)36-3)31-14-34(19)25-32-23(33-13-11-16-6-5-12-30-21(16)24(33)35)22(37-25)17-7-9-18(10-8-17)26(27,28)29/h4-14H,1-2H2,3H3. The van der Waals surface area contributed by atoms with Crippen molar-refractivity contribution in [2.45, 2.75) is 6.18 Å². The first-order chi connectivity index (χ1) is 17.7. The minimum absolute atomic E-state index is 0.00420. The fourth-order valence-corrected chi connectivity index (χ4v) is 3.82. The zero-order chi connectivity index (χ0) is 26.3. The summed E-state index contributed by atoms with van der Waals surface area (Å²) in [7, 11) is 1.44. The minimum Gasteiger partial charge on any atom is -0.495 e. The van der Waals surface area contributed by atoms with Gasteiger partial charge < -0.3 is 9.15 Å². The molecular formula is C26H18F3N5O3. The number of halogens is 3. The highest BCUT2D eigenvalue weighted by atomic mass is 19.4. The smallest absolute Gasteiger partial charge is 0.416 e. The quantitative estimate of drug-likeness (QED) is 0.283. The summed E-state index contributed by atoms with van der Waals surface area (Å²) < 4.78 is 53.4. The molecule has 37 heavy (non-hydrogen) atoms. The molecule has 0 radical (unpaired) electrons. The van der Waals surface area contributed by atoms with E-state index in [1.165, 1.54) is 53.2 Å². The van der Waals surface area contributed by atoms with Gasteiger partial charge in [0.15, 0.2) is 11.6 Å². The van der Waals surface area contributed by atoms with Crippen molar-refractivity contribution >= 4 is 22.7 Å². The number of rotatable bonds is 6. The van der Waals surface area contributed by atoms with Crippen LogP contribution in [0.4, 0.5) is 13.2 Å². The molecule has 0 saturated carbocycles. The van der Waals surface area contributed by atoms with E-state index in [0.29, 0.717) is 16.8 Å². The Kier molecular flexibility index (Phi) is 5.75. The molecule has 0 atom stereocenters. The lowest BCUT2D eigenvalue weighted by Crippen LogP contribution is -2.19. The number of oxazole rings is 1. The van der Waals surface area contributed by atoms with E-state index >= 15 is 0 Å². The first kappa shape index (κ1) is 23.8. The van der Waals surface area contributed by atoms with Crippen molar-refractivity contribution in [3.8, 4) is 23.2 Å². The Morgan fingerprint density at radius 1 is 1.11 bits per heavy atom. The molecule has 0 aliphatic rings. The lowest BCUT2D eigenvalue weighted by Gasteiger charge is -2.08. The molecule has 1 aromatic carbocycles. The van der Waals surface area contributed by atoms with Crippen LogP contribution in [0.1, 0.15) is 17.0 Å². The topological polar surface area (TPSA) is 88.0 Å². The van der Waals surface area contributed by atoms with Crippen LogP contribution >= 0.6 is 0 Å². The summed E-state index contributed by atoms with van der Waals surface area (Å²) in [6.45, 7) is 7.60. The number of ether oxygens (including phenoxy) is 1. The molecule has 0 fully saturated rings. The Morgan fingerprint density at radius 2 is 1.86 bits per heavy atom. The summed E-state index contributed by atoms with van der Waals surface area (Å²) in [6.07, 6.45) is 1.39. The molecule has 11 heteroatoms. The fraction of sp³-hybridized carbons (Fsp3) is 0.0769. The maximum Gasteiger partial charge on any atom is 0.416 e. The van der Waals surface area contributed by atoms with Crippen molar-refractivity contribution in [1.82, 2.24) is 24.1 Å². The van der Waals surface area contributed by atoms with Gasteiger partial charge in [0, 0.05) is 23.3 Å². The largest absolute Gasteiger partial charge is 0.495 e. The summed E-state index contributed by atoms with van der Waals surface area (Å²) in [4.78, 5) is 26.3. The number of hydrogen-bond acceptors (Lipinski definition) is 6. The number of methoxy groups -OCH3 is 1. The van der Waals surface area contributed by atoms with E-state index in [-0.39, 0.29) is 34.4 Å². The van der Waals surface area contributed by atoms with E-state index in [1.54, 1.807) is 18.2 Å². The number of hydrogen-bond donors (Lipinski definition) is 0. The molecule has 186 valence electrons. The Labute approximate surface area is 207 Å². The van der Waals surface area contributed by atoms with Crippen LogP contribution in [0.2, 0.25) is 0 Å². The average molecular weight is 505 g/mol. The third-order valence-corrected chi connectivity index (χ3v) is 5.68. The van der Waals surface area contributed by atoms with E-state index in [0.717, 1.165) is 12.1 Å². The highest BCUT2D eigenvalue weighted by Crippen LogP contribution is 2.34. The number of fused-ring (bicyclic) bond motifs is 1. The Morgan fingerprint density at radius 3 is 2.54 bits per heavy atom. The molecule has 5 rings (SSSR count). The molecule has 0 spiro atoms. The zero-order valence-electron chi connectivity index (χ0n) is 19.4. The van der Waals surface area contributed by atoms with Crippen molar-refractivity contribution in [2.75, 3.05) is 7.11 Å². The summed E-state index contributed by atoms with van der Waals surface area (Å²) in [5.74, 6) is 0.403. The third-order valence-electron chi connectivity index (χ3n) is 5.68. The normalized spacial score (nSPS) is 11.6. The van der Waals surface area contributed by atoms with Gasteiger partial charge in [0.2, 0.25) is 0 Å². The predicted molar refractivity (Wildman–Crippen MR) is 131 cm³/mol. The second-order valence-electron chi connectivity index (χ2n) is 7.84. The van der Waals surface area contributed by atoms with Gasteiger partial charge in [0.05, 0.1) is 18.4 Å². The van der Waals surface area contributed by atoms with Crippen LogP contribution in [-0.2, 0) is 10.9 Å². The molecule has 0 bridgehead atoms. The molecule has 5 aromatic rings. The van der Waals surface area contributed by atoms with Crippen LogP contribution in [0.25, 0.3) is 45.9 Å². The van der Waals surface area contributed by atoms with Gasteiger partial charge in [-0.1, -0.05) is 31.4 Å². The zero-order valence-corrected chi connectivity index (χ0v) is 19.4. The highest BCUT2D eigenvalue weighted by Gasteiger charge is 2.30. The average Bonchev–Trinajstić information content (AvgIpc) is 3.53. The number of aromatic nitrogens is 5. The van der Waals surface area contributed by atoms with Crippen molar-refractivity contribution in [3.05, 3.63) is 102 Å². The van der Waals surface area contributed by atoms with Gasteiger partial charge in [0.25, 0.3) is 5.56 Å². The Hall–Kier alpha value is -4.93. The van der Waals surface area contributed by atoms with E-state index in [9.17, 15) is 18.0 Å². The Bertz CT molecular complexity index is 1710. The maximum absolute atomic E-state index is 13.3. The molecule has 0 aliphatic carbocycles. The van der Waals surface area contributed by atoms with Crippen molar-refractivity contribution < 1.29 is 22.3 Å². The molecule has 0 N–H and O–H groups in total. The fourth-order valence-electron chi connectivity index (χ4n) is 3.82. The van der Waals surface area contributed by atoms with Gasteiger partial charge in [-0.25, -0.2) is 4.98 Å². The van der Waals surface area contributed by atoms with Gasteiger partial charge in [-0.3, -0.25) is 18.9 Å². The monoisotopic (exact) mass is 505 g/mol. The van der Waals surface area contributed by atoms with E-state index in [1.807, 2.05) is 0 Å². The van der Waals surface area contributed by atoms with Crippen molar-refractivity contribution in [2.24, 2.45) is 0 Å². The molecular weight excluding hydrogens is 487 g/mol. The molecule has 0 aliphatic heterocycles. The molecule has 4 heterocycles. The SMILES string of the molecule is C=Cc1c(C(=C)OC)ncn1-c1nc(-n2ccc3cccnc3c2=O)c(-c2ccc(C(F)(F)F)cc2)o1. The molecule has 0 amide bonds. The van der Waals surface area contributed by atoms with E-state index < -0.39 is 17.3 Å². The van der Waals surface area contributed by atoms with Gasteiger partial charge in [0.1, 0.15) is 23.3 Å². The predicted octanol–water partition coefficient (Wildman–Crippen LogP) is 5.51. The van der Waals surface area contributed by atoms with Crippen LogP contribution in [0.5, 0.6) is 0 Å². The summed E-state index contributed by atoms with van der Waals surface area (Å²) in [6, 6.07) is 9.49. The number of imidazole rings is 1. The molecule has 8 nitrogen and oxygen atoms in total. The molecule has 4 aromatic heterocycles. The maximum atomic E-state index is 13.3. The molecule has 0 saturated heterocycles. The van der Waals surface area contributed by atoms with Crippen molar-refractivity contribution in [3.63, 3.8) is 0 Å². The van der Waals surface area contributed by atoms with Crippen LogP contribution in [-0.4, -0.2) is 31.2 Å². The van der Waals surface area contributed by atoms with Gasteiger partial charge in [-0.15, -0.1) is 0 Å². The van der Waals surface area contributed by atoms with Crippen LogP contribution in [0.15, 0.2) is 83.6 Å². The number of benzene rings is 1. The summed E-state index contributed by atoms with van der Waals surface area (Å²) >= 11 is 0. The summed E-state index contributed by atoms with van der Waals surface area (Å²) in [5.41, 5.74) is 0.00846. The van der Waals surface area contributed by atoms with Crippen molar-refractivity contribution in [1.29, 1.82) is 0 Å². The van der Waals surface area contributed by atoms with Crippen LogP contribution in [0, 0.1) is 0 Å².